The summed E-state index contributed by atoms with van der Waals surface area (Å²) in [6.07, 6.45) is 1.57. The smallest absolute Gasteiger partial charge is 0.338 e. The second-order valence-corrected chi connectivity index (χ2v) is 5.83. The molecule has 0 radical (unpaired) electrons. The second-order valence-electron chi connectivity index (χ2n) is 5.83. The molecule has 0 atom stereocenters. The molecule has 0 saturated carbocycles. The highest BCUT2D eigenvalue weighted by Gasteiger charge is 2.14. The van der Waals surface area contributed by atoms with Crippen molar-refractivity contribution in [3.8, 4) is 11.6 Å². The van der Waals surface area contributed by atoms with E-state index in [1.165, 1.54) is 0 Å². The zero-order valence-corrected chi connectivity index (χ0v) is 14.8. The van der Waals surface area contributed by atoms with Crippen molar-refractivity contribution in [1.29, 1.82) is 0 Å². The number of ether oxygens (including phenoxy) is 1. The van der Waals surface area contributed by atoms with E-state index in [2.05, 4.69) is 20.4 Å². The summed E-state index contributed by atoms with van der Waals surface area (Å²) in [5, 5.41) is 7.74. The maximum atomic E-state index is 12.0. The van der Waals surface area contributed by atoms with Gasteiger partial charge in [0, 0.05) is 17.4 Å². The molecular weight excluding hydrogens is 346 g/mol. The van der Waals surface area contributed by atoms with E-state index in [0.717, 1.165) is 11.4 Å². The predicted octanol–water partition coefficient (Wildman–Crippen LogP) is 3.61. The van der Waals surface area contributed by atoms with E-state index in [-0.39, 0.29) is 5.97 Å². The Labute approximate surface area is 154 Å². The van der Waals surface area contributed by atoms with Crippen molar-refractivity contribution >= 4 is 23.3 Å². The Morgan fingerprint density at radius 1 is 1.22 bits per heavy atom. The van der Waals surface area contributed by atoms with Gasteiger partial charge in [-0.15, -0.1) is 5.10 Å². The molecule has 136 valence electrons. The molecule has 3 heterocycles. The molecule has 0 aliphatic rings. The minimum absolute atomic E-state index is 0.329. The number of carbonyl (C=O) groups excluding carboxylic acids is 1. The standard InChI is InChI=1S/C19H17N5O3/c1-3-26-18(25)13-6-4-7-14(11-13)21-16-10-12(2)20-19-22-17(23-24(16)19)15-8-5-9-27-15/h4-11,21H,3H2,1-2H3. The lowest BCUT2D eigenvalue weighted by molar-refractivity contribution is 0.0526. The van der Waals surface area contributed by atoms with Gasteiger partial charge in [-0.25, -0.2) is 9.78 Å². The van der Waals surface area contributed by atoms with Crippen LogP contribution in [-0.2, 0) is 4.74 Å². The van der Waals surface area contributed by atoms with Crippen molar-refractivity contribution in [2.24, 2.45) is 0 Å². The number of hydrogen-bond donors (Lipinski definition) is 1. The van der Waals surface area contributed by atoms with Gasteiger partial charge in [-0.05, 0) is 44.2 Å². The first-order valence-electron chi connectivity index (χ1n) is 8.46. The number of aromatic nitrogens is 4. The fourth-order valence-electron chi connectivity index (χ4n) is 2.67. The van der Waals surface area contributed by atoms with Gasteiger partial charge in [-0.2, -0.15) is 9.50 Å². The molecule has 1 N–H and O–H groups in total. The highest BCUT2D eigenvalue weighted by Crippen LogP contribution is 2.22. The van der Waals surface area contributed by atoms with Crippen molar-refractivity contribution in [3.63, 3.8) is 0 Å². The Balaban J connectivity index is 1.71. The van der Waals surface area contributed by atoms with Crippen LogP contribution in [0, 0.1) is 6.92 Å². The van der Waals surface area contributed by atoms with Crippen LogP contribution in [0.2, 0.25) is 0 Å². The second kappa shape index (κ2) is 6.91. The molecule has 27 heavy (non-hydrogen) atoms. The fourth-order valence-corrected chi connectivity index (χ4v) is 2.67. The first-order valence-corrected chi connectivity index (χ1v) is 8.46. The number of nitrogens with zero attached hydrogens (tertiary/aromatic N) is 4. The molecular formula is C19H17N5O3. The molecule has 4 rings (SSSR count). The minimum atomic E-state index is -0.363. The summed E-state index contributed by atoms with van der Waals surface area (Å²) in [4.78, 5) is 20.8. The molecule has 0 saturated heterocycles. The van der Waals surface area contributed by atoms with Gasteiger partial charge in [0.2, 0.25) is 5.82 Å². The van der Waals surface area contributed by atoms with Crippen molar-refractivity contribution in [2.75, 3.05) is 11.9 Å². The van der Waals surface area contributed by atoms with Crippen LogP contribution in [-0.4, -0.2) is 32.2 Å². The van der Waals surface area contributed by atoms with E-state index in [9.17, 15) is 4.79 Å². The van der Waals surface area contributed by atoms with Crippen LogP contribution < -0.4 is 5.32 Å². The third kappa shape index (κ3) is 3.37. The number of aryl methyl sites for hydroxylation is 1. The third-order valence-electron chi connectivity index (χ3n) is 3.83. The number of esters is 1. The summed E-state index contributed by atoms with van der Waals surface area (Å²) < 4.78 is 12.0. The zero-order valence-electron chi connectivity index (χ0n) is 14.8. The number of rotatable bonds is 5. The van der Waals surface area contributed by atoms with E-state index in [0.29, 0.717) is 35.4 Å². The average Bonchev–Trinajstić information content (AvgIpc) is 3.31. The Hall–Kier alpha value is -3.68. The fraction of sp³-hybridized carbons (Fsp3) is 0.158. The molecule has 0 amide bonds. The SMILES string of the molecule is CCOC(=O)c1cccc(Nc2cc(C)nc3nc(-c4ccco4)nn23)c1. The predicted molar refractivity (Wildman–Crippen MR) is 98.9 cm³/mol. The zero-order chi connectivity index (χ0) is 18.8. The summed E-state index contributed by atoms with van der Waals surface area (Å²) in [5.74, 6) is 1.77. The molecule has 8 nitrogen and oxygen atoms in total. The molecule has 0 aliphatic carbocycles. The lowest BCUT2D eigenvalue weighted by Gasteiger charge is -2.10. The molecule has 0 bridgehead atoms. The Morgan fingerprint density at radius 2 is 2.11 bits per heavy atom. The van der Waals surface area contributed by atoms with Crippen LogP contribution >= 0.6 is 0 Å². The topological polar surface area (TPSA) is 94.5 Å². The van der Waals surface area contributed by atoms with E-state index in [4.69, 9.17) is 9.15 Å². The third-order valence-corrected chi connectivity index (χ3v) is 3.83. The molecule has 0 unspecified atom stereocenters. The number of hydrogen-bond acceptors (Lipinski definition) is 7. The highest BCUT2D eigenvalue weighted by molar-refractivity contribution is 5.90. The lowest BCUT2D eigenvalue weighted by Crippen LogP contribution is -2.06. The van der Waals surface area contributed by atoms with Gasteiger partial charge in [-0.1, -0.05) is 6.07 Å². The van der Waals surface area contributed by atoms with E-state index >= 15 is 0 Å². The van der Waals surface area contributed by atoms with Crippen LogP contribution in [0.3, 0.4) is 0 Å². The van der Waals surface area contributed by atoms with Crippen molar-refractivity contribution in [2.45, 2.75) is 13.8 Å². The molecule has 0 fully saturated rings. The van der Waals surface area contributed by atoms with E-state index in [1.54, 1.807) is 48.0 Å². The van der Waals surface area contributed by atoms with Crippen molar-refractivity contribution in [1.82, 2.24) is 19.6 Å². The lowest BCUT2D eigenvalue weighted by atomic mass is 10.2. The maximum Gasteiger partial charge on any atom is 0.338 e. The van der Waals surface area contributed by atoms with Gasteiger partial charge in [0.1, 0.15) is 5.82 Å². The summed E-state index contributed by atoms with van der Waals surface area (Å²) in [7, 11) is 0. The molecule has 0 spiro atoms. The van der Waals surface area contributed by atoms with Crippen LogP contribution in [0.1, 0.15) is 23.0 Å². The summed E-state index contributed by atoms with van der Waals surface area (Å²) in [5.41, 5.74) is 1.98. The Bertz CT molecular complexity index is 1100. The number of anilines is 2. The van der Waals surface area contributed by atoms with Crippen LogP contribution in [0.4, 0.5) is 11.5 Å². The van der Waals surface area contributed by atoms with Gasteiger partial charge in [0.05, 0.1) is 18.4 Å². The van der Waals surface area contributed by atoms with Gasteiger partial charge in [-0.3, -0.25) is 0 Å². The Morgan fingerprint density at radius 3 is 2.89 bits per heavy atom. The van der Waals surface area contributed by atoms with Crippen LogP contribution in [0.15, 0.2) is 53.1 Å². The number of nitrogens with one attached hydrogen (secondary N) is 1. The monoisotopic (exact) mass is 363 g/mol. The molecule has 1 aromatic carbocycles. The average molecular weight is 363 g/mol. The summed E-state index contributed by atoms with van der Waals surface area (Å²) >= 11 is 0. The van der Waals surface area contributed by atoms with Crippen LogP contribution in [0.5, 0.6) is 0 Å². The molecule has 8 heteroatoms. The van der Waals surface area contributed by atoms with Crippen molar-refractivity contribution < 1.29 is 13.9 Å². The van der Waals surface area contributed by atoms with Gasteiger partial charge >= 0.3 is 5.97 Å². The first-order chi connectivity index (χ1) is 13.1. The number of benzene rings is 1. The quantitative estimate of drug-likeness (QED) is 0.541. The minimum Gasteiger partial charge on any atom is -0.462 e. The molecule has 0 aliphatic heterocycles. The van der Waals surface area contributed by atoms with Crippen molar-refractivity contribution in [3.05, 3.63) is 60.0 Å². The number of furan rings is 1. The largest absolute Gasteiger partial charge is 0.462 e. The first kappa shape index (κ1) is 16.8. The van der Waals surface area contributed by atoms with Gasteiger partial charge < -0.3 is 14.5 Å². The normalized spacial score (nSPS) is 10.9. The molecule has 3 aromatic heterocycles. The summed E-state index contributed by atoms with van der Waals surface area (Å²) in [6.45, 7) is 3.98. The summed E-state index contributed by atoms with van der Waals surface area (Å²) in [6, 6.07) is 12.5. The maximum absolute atomic E-state index is 12.0. The highest BCUT2D eigenvalue weighted by atomic mass is 16.5. The number of carbonyl (C=O) groups is 1. The van der Waals surface area contributed by atoms with E-state index < -0.39 is 0 Å². The van der Waals surface area contributed by atoms with Gasteiger partial charge in [0.15, 0.2) is 5.76 Å². The molecule has 4 aromatic rings. The van der Waals surface area contributed by atoms with E-state index in [1.807, 2.05) is 19.1 Å². The number of fused-ring (bicyclic) bond motifs is 1. The van der Waals surface area contributed by atoms with Crippen LogP contribution in [0.25, 0.3) is 17.4 Å². The van der Waals surface area contributed by atoms with Gasteiger partial charge in [0.25, 0.3) is 5.78 Å². The Kier molecular flexibility index (Phi) is 4.29.